The molecule has 0 spiro atoms. The van der Waals surface area contributed by atoms with Crippen LogP contribution >= 0.6 is 0 Å². The van der Waals surface area contributed by atoms with Gasteiger partial charge in [0.05, 0.1) is 12.1 Å². The molecule has 0 fully saturated rings. The number of ether oxygens (including phenoxy) is 1. The van der Waals surface area contributed by atoms with Crippen LogP contribution in [0.5, 0.6) is 11.6 Å². The van der Waals surface area contributed by atoms with Crippen molar-refractivity contribution >= 4 is 16.6 Å². The Morgan fingerprint density at radius 1 is 1.19 bits per heavy atom. The van der Waals surface area contributed by atoms with Crippen molar-refractivity contribution in [3.63, 3.8) is 0 Å². The maximum absolute atomic E-state index is 11.2. The van der Waals surface area contributed by atoms with E-state index in [1.807, 2.05) is 32.0 Å². The number of nitrogens with zero attached hydrogens (tertiary/aromatic N) is 2. The normalized spacial score (nSPS) is 11.3. The van der Waals surface area contributed by atoms with Gasteiger partial charge in [-0.2, -0.15) is 0 Å². The number of aryl methyl sites for hydroxylation is 2. The largest absolute Gasteiger partial charge is 0.493 e. The maximum atomic E-state index is 11.2. The second kappa shape index (κ2) is 7.20. The van der Waals surface area contributed by atoms with E-state index < -0.39 is 0 Å². The monoisotopic (exact) mass is 352 g/mol. The van der Waals surface area contributed by atoms with Crippen LogP contribution in [0.2, 0.25) is 0 Å². The number of nitroso groups, excluding NO2 is 1. The second-order valence-electron chi connectivity index (χ2n) is 6.93. The lowest BCUT2D eigenvalue weighted by atomic mass is 10.0. The number of aromatic hydroxyl groups is 1. The molecule has 1 N–H and O–H groups in total. The molecule has 0 radical (unpaired) electrons. The van der Waals surface area contributed by atoms with Crippen molar-refractivity contribution in [3.8, 4) is 11.6 Å². The third-order valence-electron chi connectivity index (χ3n) is 4.69. The lowest BCUT2D eigenvalue weighted by molar-refractivity contribution is 0.287. The molecule has 0 amide bonds. The SMILES string of the molecule is Cc1ccc(C(C)C)c(OCCn2c(O)c(N=O)c3cccc(C)c32)c1. The third-order valence-corrected chi connectivity index (χ3v) is 4.69. The number of rotatable bonds is 6. The van der Waals surface area contributed by atoms with Crippen LogP contribution < -0.4 is 4.74 Å². The van der Waals surface area contributed by atoms with E-state index in [2.05, 4.69) is 31.2 Å². The lowest BCUT2D eigenvalue weighted by Crippen LogP contribution is -2.09. The van der Waals surface area contributed by atoms with Crippen LogP contribution in [0.25, 0.3) is 10.9 Å². The zero-order valence-electron chi connectivity index (χ0n) is 15.6. The van der Waals surface area contributed by atoms with Gasteiger partial charge in [0, 0.05) is 5.39 Å². The predicted molar refractivity (Wildman–Crippen MR) is 105 cm³/mol. The summed E-state index contributed by atoms with van der Waals surface area (Å²) >= 11 is 0. The molecular formula is C21H24N2O3. The van der Waals surface area contributed by atoms with E-state index in [9.17, 15) is 10.0 Å². The molecule has 136 valence electrons. The first-order valence-electron chi connectivity index (χ1n) is 8.81. The molecule has 0 unspecified atom stereocenters. The molecule has 0 saturated carbocycles. The molecule has 0 saturated heterocycles. The summed E-state index contributed by atoms with van der Waals surface area (Å²) in [5.41, 5.74) is 4.18. The maximum Gasteiger partial charge on any atom is 0.222 e. The minimum atomic E-state index is -0.110. The molecule has 26 heavy (non-hydrogen) atoms. The van der Waals surface area contributed by atoms with Crippen LogP contribution in [0.4, 0.5) is 5.69 Å². The molecule has 0 atom stereocenters. The Bertz CT molecular complexity index is 958. The summed E-state index contributed by atoms with van der Waals surface area (Å²) in [6.45, 7) is 9.06. The molecule has 0 bridgehead atoms. The molecule has 1 aromatic heterocycles. The van der Waals surface area contributed by atoms with Gasteiger partial charge in [-0.1, -0.05) is 44.2 Å². The zero-order chi connectivity index (χ0) is 18.8. The fraction of sp³-hybridized carbons (Fsp3) is 0.333. The Kier molecular flexibility index (Phi) is 4.98. The lowest BCUT2D eigenvalue weighted by Gasteiger charge is -2.16. The molecular weight excluding hydrogens is 328 g/mol. The molecule has 0 aliphatic rings. The number of hydrogen-bond acceptors (Lipinski definition) is 4. The fourth-order valence-electron chi connectivity index (χ4n) is 3.36. The Balaban J connectivity index is 1.89. The highest BCUT2D eigenvalue weighted by Gasteiger charge is 2.19. The van der Waals surface area contributed by atoms with E-state index in [1.54, 1.807) is 10.6 Å². The van der Waals surface area contributed by atoms with Crippen LogP contribution in [0.15, 0.2) is 41.6 Å². The van der Waals surface area contributed by atoms with E-state index in [4.69, 9.17) is 4.74 Å². The molecule has 1 heterocycles. The first-order chi connectivity index (χ1) is 12.4. The number of hydrogen-bond donors (Lipinski definition) is 1. The molecule has 5 heteroatoms. The molecule has 0 aliphatic carbocycles. The van der Waals surface area contributed by atoms with Gasteiger partial charge in [0.15, 0.2) is 5.69 Å². The smallest absolute Gasteiger partial charge is 0.222 e. The topological polar surface area (TPSA) is 63.8 Å². The van der Waals surface area contributed by atoms with Crippen LogP contribution in [0, 0.1) is 18.8 Å². The van der Waals surface area contributed by atoms with Crippen molar-refractivity contribution < 1.29 is 9.84 Å². The van der Waals surface area contributed by atoms with Gasteiger partial charge >= 0.3 is 0 Å². The van der Waals surface area contributed by atoms with Gasteiger partial charge < -0.3 is 14.4 Å². The van der Waals surface area contributed by atoms with E-state index in [-0.39, 0.29) is 11.6 Å². The minimum Gasteiger partial charge on any atom is -0.493 e. The Morgan fingerprint density at radius 2 is 1.96 bits per heavy atom. The minimum absolute atomic E-state index is 0.0853. The average Bonchev–Trinajstić information content (AvgIpc) is 2.87. The first kappa shape index (κ1) is 18.0. The quantitative estimate of drug-likeness (QED) is 0.590. The summed E-state index contributed by atoms with van der Waals surface area (Å²) in [4.78, 5) is 11.2. The van der Waals surface area contributed by atoms with Crippen molar-refractivity contribution in [3.05, 3.63) is 58.0 Å². The Hall–Kier alpha value is -2.82. The van der Waals surface area contributed by atoms with Crippen molar-refractivity contribution in [1.82, 2.24) is 4.57 Å². The highest BCUT2D eigenvalue weighted by molar-refractivity contribution is 5.96. The van der Waals surface area contributed by atoms with E-state index in [1.165, 1.54) is 0 Å². The predicted octanol–water partition coefficient (Wildman–Crippen LogP) is 5.56. The zero-order valence-corrected chi connectivity index (χ0v) is 15.6. The molecule has 3 aromatic rings. The summed E-state index contributed by atoms with van der Waals surface area (Å²) in [7, 11) is 0. The van der Waals surface area contributed by atoms with Crippen molar-refractivity contribution in [2.24, 2.45) is 5.18 Å². The van der Waals surface area contributed by atoms with Gasteiger partial charge in [-0.15, -0.1) is 4.91 Å². The van der Waals surface area contributed by atoms with Crippen molar-refractivity contribution in [2.45, 2.75) is 40.2 Å². The highest BCUT2D eigenvalue weighted by atomic mass is 16.5. The number of aromatic nitrogens is 1. The van der Waals surface area contributed by atoms with Crippen molar-refractivity contribution in [1.29, 1.82) is 0 Å². The summed E-state index contributed by atoms with van der Waals surface area (Å²) in [6.07, 6.45) is 0. The van der Waals surface area contributed by atoms with Gasteiger partial charge in [-0.3, -0.25) is 0 Å². The van der Waals surface area contributed by atoms with Gasteiger partial charge in [0.1, 0.15) is 12.4 Å². The number of fused-ring (bicyclic) bond motifs is 1. The van der Waals surface area contributed by atoms with Crippen LogP contribution in [0.1, 0.15) is 36.5 Å². The standard InChI is InChI=1S/C21H24N2O3/c1-13(2)16-9-8-14(3)12-18(16)26-11-10-23-20-15(4)6-5-7-17(20)19(22-25)21(23)24/h5-9,12-13,24H,10-11H2,1-4H3. The highest BCUT2D eigenvalue weighted by Crippen LogP contribution is 2.39. The molecule has 5 nitrogen and oxygen atoms in total. The third kappa shape index (κ3) is 3.17. The Morgan fingerprint density at radius 3 is 2.65 bits per heavy atom. The summed E-state index contributed by atoms with van der Waals surface area (Å²) < 4.78 is 7.73. The van der Waals surface area contributed by atoms with E-state index >= 15 is 0 Å². The van der Waals surface area contributed by atoms with E-state index in [0.717, 1.165) is 28.0 Å². The van der Waals surface area contributed by atoms with Crippen LogP contribution in [-0.4, -0.2) is 16.3 Å². The molecule has 3 rings (SSSR count). The fourth-order valence-corrected chi connectivity index (χ4v) is 3.36. The summed E-state index contributed by atoms with van der Waals surface area (Å²) in [5.74, 6) is 1.11. The summed E-state index contributed by atoms with van der Waals surface area (Å²) in [5, 5.41) is 14.1. The van der Waals surface area contributed by atoms with Gasteiger partial charge in [-0.05, 0) is 47.7 Å². The average molecular weight is 352 g/mol. The van der Waals surface area contributed by atoms with Crippen LogP contribution in [-0.2, 0) is 6.54 Å². The Labute approximate surface area is 153 Å². The van der Waals surface area contributed by atoms with Gasteiger partial charge in [0.2, 0.25) is 5.88 Å². The van der Waals surface area contributed by atoms with Crippen LogP contribution in [0.3, 0.4) is 0 Å². The second-order valence-corrected chi connectivity index (χ2v) is 6.93. The van der Waals surface area contributed by atoms with E-state index in [0.29, 0.717) is 24.5 Å². The molecule has 0 aliphatic heterocycles. The summed E-state index contributed by atoms with van der Waals surface area (Å²) in [6, 6.07) is 11.8. The number of para-hydroxylation sites is 1. The van der Waals surface area contributed by atoms with Gasteiger partial charge in [0.25, 0.3) is 0 Å². The number of benzene rings is 2. The molecule has 2 aromatic carbocycles. The first-order valence-corrected chi connectivity index (χ1v) is 8.81. The van der Waals surface area contributed by atoms with Crippen molar-refractivity contribution in [2.75, 3.05) is 6.61 Å². The van der Waals surface area contributed by atoms with Gasteiger partial charge in [-0.25, -0.2) is 0 Å².